The van der Waals surface area contributed by atoms with E-state index in [0.29, 0.717) is 37.6 Å². The Morgan fingerprint density at radius 3 is 2.55 bits per heavy atom. The predicted molar refractivity (Wildman–Crippen MR) is 114 cm³/mol. The van der Waals surface area contributed by atoms with Crippen molar-refractivity contribution in [1.29, 1.82) is 5.26 Å². The molecule has 6 heteroatoms. The average molecular weight is 399 g/mol. The fraction of sp³-hybridized carbons (Fsp3) is 0.696. The summed E-state index contributed by atoms with van der Waals surface area (Å²) in [5.41, 5.74) is 3.72. The molecule has 0 spiro atoms. The van der Waals surface area contributed by atoms with Gasteiger partial charge in [0, 0.05) is 44.6 Å². The van der Waals surface area contributed by atoms with Crippen molar-refractivity contribution in [3.63, 3.8) is 0 Å². The van der Waals surface area contributed by atoms with Crippen LogP contribution in [0, 0.1) is 17.2 Å². The summed E-state index contributed by atoms with van der Waals surface area (Å²) in [4.78, 5) is 21.4. The van der Waals surface area contributed by atoms with E-state index in [1.165, 1.54) is 0 Å². The van der Waals surface area contributed by atoms with E-state index >= 15 is 0 Å². The van der Waals surface area contributed by atoms with E-state index in [1.54, 1.807) is 0 Å². The third kappa shape index (κ3) is 4.72. The third-order valence-corrected chi connectivity index (χ3v) is 5.80. The van der Waals surface area contributed by atoms with Crippen molar-refractivity contribution >= 4 is 11.7 Å². The molecule has 6 nitrogen and oxygen atoms in total. The number of amides is 1. The van der Waals surface area contributed by atoms with Gasteiger partial charge in [-0.25, -0.2) is 4.98 Å². The molecule has 0 unspecified atom stereocenters. The number of anilines is 1. The van der Waals surface area contributed by atoms with Crippen molar-refractivity contribution in [3.05, 3.63) is 22.4 Å². The Morgan fingerprint density at radius 2 is 1.97 bits per heavy atom. The maximum atomic E-state index is 12.2. The first-order chi connectivity index (χ1) is 13.8. The highest BCUT2D eigenvalue weighted by atomic mass is 16.5. The molecule has 0 bridgehead atoms. The molecule has 1 aromatic rings. The molecule has 0 radical (unpaired) electrons. The zero-order valence-corrected chi connectivity index (χ0v) is 18.5. The number of hydrogen-bond donors (Lipinski definition) is 0. The molecule has 0 aliphatic carbocycles. The van der Waals surface area contributed by atoms with Crippen LogP contribution in [0.5, 0.6) is 0 Å². The van der Waals surface area contributed by atoms with Gasteiger partial charge in [-0.15, -0.1) is 0 Å². The topological polar surface area (TPSA) is 69.5 Å². The Labute approximate surface area is 174 Å². The van der Waals surface area contributed by atoms with Gasteiger partial charge in [0.05, 0.1) is 23.5 Å². The lowest BCUT2D eigenvalue weighted by molar-refractivity contribution is -0.131. The summed E-state index contributed by atoms with van der Waals surface area (Å²) in [7, 11) is 0. The summed E-state index contributed by atoms with van der Waals surface area (Å²) >= 11 is 0. The first-order valence-electron chi connectivity index (χ1n) is 10.9. The zero-order chi connectivity index (χ0) is 21.2. The summed E-state index contributed by atoms with van der Waals surface area (Å²) in [6.45, 7) is 13.9. The number of carbonyl (C=O) groups is 1. The van der Waals surface area contributed by atoms with Crippen LogP contribution in [0.15, 0.2) is 0 Å². The number of nitriles is 1. The number of nitrogens with zero attached hydrogens (tertiary/aromatic N) is 4. The fourth-order valence-corrected chi connectivity index (χ4v) is 4.27. The first kappa shape index (κ1) is 21.6. The number of carbonyl (C=O) groups excluding carboxylic acids is 1. The minimum absolute atomic E-state index is 0.227. The number of fused-ring (bicyclic) bond motifs is 1. The van der Waals surface area contributed by atoms with Crippen LogP contribution in [0.2, 0.25) is 0 Å². The van der Waals surface area contributed by atoms with Crippen LogP contribution in [0.4, 0.5) is 5.82 Å². The summed E-state index contributed by atoms with van der Waals surface area (Å²) in [5, 5.41) is 10.0. The second kappa shape index (κ2) is 8.71. The van der Waals surface area contributed by atoms with Crippen LogP contribution >= 0.6 is 0 Å². The Bertz CT molecular complexity index is 802. The van der Waals surface area contributed by atoms with Crippen molar-refractivity contribution in [2.24, 2.45) is 5.92 Å². The lowest BCUT2D eigenvalue weighted by Gasteiger charge is -2.38. The third-order valence-electron chi connectivity index (χ3n) is 5.80. The second-order valence-electron chi connectivity index (χ2n) is 9.27. The van der Waals surface area contributed by atoms with E-state index < -0.39 is 0 Å². The number of rotatable bonds is 5. The maximum Gasteiger partial charge on any atom is 0.222 e. The van der Waals surface area contributed by atoms with Gasteiger partial charge in [-0.3, -0.25) is 4.79 Å². The van der Waals surface area contributed by atoms with E-state index in [4.69, 9.17) is 9.72 Å². The molecule has 1 fully saturated rings. The van der Waals surface area contributed by atoms with Gasteiger partial charge in [0.2, 0.25) is 5.91 Å². The normalized spacial score (nSPS) is 18.5. The van der Waals surface area contributed by atoms with E-state index in [-0.39, 0.29) is 11.5 Å². The Hall–Kier alpha value is -2.13. The van der Waals surface area contributed by atoms with Gasteiger partial charge >= 0.3 is 0 Å². The van der Waals surface area contributed by atoms with Gasteiger partial charge in [-0.05, 0) is 38.2 Å². The molecule has 1 aromatic heterocycles. The quantitative estimate of drug-likeness (QED) is 0.760. The first-order valence-corrected chi connectivity index (χ1v) is 10.9. The number of hydrogen-bond acceptors (Lipinski definition) is 5. The number of piperazine rings is 1. The molecule has 2 aliphatic rings. The van der Waals surface area contributed by atoms with Gasteiger partial charge < -0.3 is 14.5 Å². The fourth-order valence-electron chi connectivity index (χ4n) is 4.27. The highest BCUT2D eigenvalue weighted by molar-refractivity contribution is 5.76. The van der Waals surface area contributed by atoms with Crippen LogP contribution in [0.1, 0.15) is 69.8 Å². The minimum Gasteiger partial charge on any atom is -0.370 e. The number of ether oxygens (including phenoxy) is 1. The molecule has 29 heavy (non-hydrogen) atoms. The summed E-state index contributed by atoms with van der Waals surface area (Å²) in [5.74, 6) is 1.47. The Kier molecular flexibility index (Phi) is 6.48. The lowest BCUT2D eigenvalue weighted by atomic mass is 9.88. The van der Waals surface area contributed by atoms with E-state index in [0.717, 1.165) is 55.0 Å². The van der Waals surface area contributed by atoms with E-state index in [2.05, 4.69) is 38.7 Å². The zero-order valence-electron chi connectivity index (χ0n) is 18.5. The molecule has 3 heterocycles. The molecule has 158 valence electrons. The summed E-state index contributed by atoms with van der Waals surface area (Å²) in [6, 6.07) is 2.45. The van der Waals surface area contributed by atoms with Crippen LogP contribution in [0.25, 0.3) is 0 Å². The summed E-state index contributed by atoms with van der Waals surface area (Å²) < 4.78 is 6.06. The van der Waals surface area contributed by atoms with Gasteiger partial charge in [0.15, 0.2) is 0 Å². The lowest BCUT2D eigenvalue weighted by Crippen LogP contribution is -2.49. The van der Waals surface area contributed by atoms with Crippen LogP contribution in [-0.4, -0.2) is 47.6 Å². The molecule has 0 aromatic carbocycles. The van der Waals surface area contributed by atoms with Crippen LogP contribution < -0.4 is 4.90 Å². The van der Waals surface area contributed by atoms with Gasteiger partial charge in [0.1, 0.15) is 11.9 Å². The number of pyridine rings is 1. The molecule has 1 amide bonds. The SMILES string of the molecule is CCCC(=O)N1CCN(c2nc3c(c(CC(C)C)c2C#N)COC(C)(C)C3)CC1. The minimum atomic E-state index is -0.244. The monoisotopic (exact) mass is 398 g/mol. The largest absolute Gasteiger partial charge is 0.370 e. The Balaban J connectivity index is 1.95. The van der Waals surface area contributed by atoms with Crippen molar-refractivity contribution < 1.29 is 9.53 Å². The van der Waals surface area contributed by atoms with Crippen LogP contribution in [-0.2, 0) is 29.0 Å². The van der Waals surface area contributed by atoms with Gasteiger partial charge in [0.25, 0.3) is 0 Å². The molecule has 1 saturated heterocycles. The smallest absolute Gasteiger partial charge is 0.222 e. The van der Waals surface area contributed by atoms with Crippen molar-refractivity contribution in [2.75, 3.05) is 31.1 Å². The molecule has 3 rings (SSSR count). The van der Waals surface area contributed by atoms with Crippen molar-refractivity contribution in [2.45, 2.75) is 72.5 Å². The average Bonchev–Trinajstić information content (AvgIpc) is 2.66. The predicted octanol–water partition coefficient (Wildman–Crippen LogP) is 3.45. The highest BCUT2D eigenvalue weighted by Gasteiger charge is 2.33. The number of aromatic nitrogens is 1. The van der Waals surface area contributed by atoms with Crippen molar-refractivity contribution in [1.82, 2.24) is 9.88 Å². The molecule has 0 N–H and O–H groups in total. The standard InChI is InChI=1S/C23H34N4O2/c1-6-7-21(28)26-8-10-27(11-9-26)22-18(14-24)17(12-16(2)3)19-15-29-23(4,5)13-20(19)25-22/h16H,6-13,15H2,1-5H3. The van der Waals surface area contributed by atoms with E-state index in [9.17, 15) is 10.1 Å². The highest BCUT2D eigenvalue weighted by Crippen LogP contribution is 2.35. The van der Waals surface area contributed by atoms with E-state index in [1.807, 2.05) is 11.8 Å². The van der Waals surface area contributed by atoms with Gasteiger partial charge in [-0.1, -0.05) is 20.8 Å². The molecule has 0 atom stereocenters. The van der Waals surface area contributed by atoms with Crippen molar-refractivity contribution in [3.8, 4) is 6.07 Å². The maximum absolute atomic E-state index is 12.2. The molecular weight excluding hydrogens is 364 g/mol. The molecule has 0 saturated carbocycles. The van der Waals surface area contributed by atoms with Gasteiger partial charge in [-0.2, -0.15) is 5.26 Å². The summed E-state index contributed by atoms with van der Waals surface area (Å²) in [6.07, 6.45) is 3.08. The molecular formula is C23H34N4O2. The second-order valence-corrected chi connectivity index (χ2v) is 9.27. The van der Waals surface area contributed by atoms with Crippen LogP contribution in [0.3, 0.4) is 0 Å². The molecule has 2 aliphatic heterocycles. The Morgan fingerprint density at radius 1 is 1.28 bits per heavy atom.